The second kappa shape index (κ2) is 6.25. The zero-order valence-electron chi connectivity index (χ0n) is 12.1. The van der Waals surface area contributed by atoms with Gasteiger partial charge < -0.3 is 4.98 Å². The molecule has 0 bridgehead atoms. The maximum Gasteiger partial charge on any atom is 0.279 e. The second-order valence-corrected chi connectivity index (χ2v) is 5.89. The first-order chi connectivity index (χ1) is 11.5. The summed E-state index contributed by atoms with van der Waals surface area (Å²) >= 11 is 3.21. The number of benzene rings is 2. The van der Waals surface area contributed by atoms with Crippen molar-refractivity contribution in [2.24, 2.45) is 0 Å². The van der Waals surface area contributed by atoms with Gasteiger partial charge >= 0.3 is 0 Å². The van der Waals surface area contributed by atoms with Crippen molar-refractivity contribution in [2.45, 2.75) is 0 Å². The Labute approximate surface area is 144 Å². The van der Waals surface area contributed by atoms with Gasteiger partial charge in [0, 0.05) is 16.6 Å². The Bertz CT molecular complexity index is 952. The van der Waals surface area contributed by atoms with Crippen LogP contribution in [0.3, 0.4) is 0 Å². The number of para-hydroxylation sites is 1. The van der Waals surface area contributed by atoms with Crippen LogP contribution in [0.1, 0.15) is 0 Å². The molecule has 0 saturated heterocycles. The number of aromatic amines is 1. The van der Waals surface area contributed by atoms with Crippen LogP contribution in [0.5, 0.6) is 0 Å². The Hall–Kier alpha value is -3.00. The standard InChI is InChI=1S/C16H10BrN3O4/c17-10-5-6-12(16(9-10)20(23)24)14-8-7-13(18-14)11-3-1-2-4-15(11)19(21)22/h1-9,18H. The molecule has 3 rings (SSSR count). The van der Waals surface area contributed by atoms with Gasteiger partial charge in [-0.2, -0.15) is 0 Å². The molecule has 24 heavy (non-hydrogen) atoms. The van der Waals surface area contributed by atoms with E-state index >= 15 is 0 Å². The van der Waals surface area contributed by atoms with Crippen molar-refractivity contribution in [2.75, 3.05) is 0 Å². The summed E-state index contributed by atoms with van der Waals surface area (Å²) in [6.07, 6.45) is 0. The number of H-pyrrole nitrogens is 1. The lowest BCUT2D eigenvalue weighted by Gasteiger charge is -2.03. The summed E-state index contributed by atoms with van der Waals surface area (Å²) in [5.74, 6) is 0. The molecule has 2 aromatic carbocycles. The molecule has 3 aromatic rings. The third kappa shape index (κ3) is 2.91. The summed E-state index contributed by atoms with van der Waals surface area (Å²) in [4.78, 5) is 24.5. The highest BCUT2D eigenvalue weighted by atomic mass is 79.9. The Kier molecular flexibility index (Phi) is 4.13. The molecule has 0 atom stereocenters. The van der Waals surface area contributed by atoms with E-state index in [0.29, 0.717) is 27.0 Å². The number of halogens is 1. The van der Waals surface area contributed by atoms with Crippen molar-refractivity contribution in [3.8, 4) is 22.5 Å². The summed E-state index contributed by atoms with van der Waals surface area (Å²) in [5, 5.41) is 22.4. The lowest BCUT2D eigenvalue weighted by atomic mass is 10.1. The number of nitro groups is 2. The average molecular weight is 388 g/mol. The lowest BCUT2D eigenvalue weighted by Crippen LogP contribution is -1.93. The van der Waals surface area contributed by atoms with Crippen LogP contribution in [-0.2, 0) is 0 Å². The van der Waals surface area contributed by atoms with E-state index in [4.69, 9.17) is 0 Å². The molecule has 0 spiro atoms. The van der Waals surface area contributed by atoms with Gasteiger partial charge in [0.05, 0.1) is 32.4 Å². The number of rotatable bonds is 4. The third-order valence-corrected chi connectivity index (χ3v) is 4.02. The molecule has 1 N–H and O–H groups in total. The van der Waals surface area contributed by atoms with Crippen LogP contribution in [-0.4, -0.2) is 14.8 Å². The number of nitro benzene ring substituents is 2. The van der Waals surface area contributed by atoms with E-state index in [0.717, 1.165) is 0 Å². The Morgan fingerprint density at radius 3 is 2.00 bits per heavy atom. The molecule has 0 saturated carbocycles. The molecule has 0 aliphatic rings. The summed E-state index contributed by atoms with van der Waals surface area (Å²) < 4.78 is 0.600. The summed E-state index contributed by atoms with van der Waals surface area (Å²) in [6, 6.07) is 14.4. The molecule has 0 radical (unpaired) electrons. The number of aromatic nitrogens is 1. The zero-order valence-corrected chi connectivity index (χ0v) is 13.7. The molecule has 0 unspecified atom stereocenters. The smallest absolute Gasteiger partial charge is 0.279 e. The number of hydrogen-bond donors (Lipinski definition) is 1. The van der Waals surface area contributed by atoms with Crippen LogP contribution in [0.25, 0.3) is 22.5 Å². The van der Waals surface area contributed by atoms with E-state index in [1.807, 2.05) is 0 Å². The maximum atomic E-state index is 11.2. The molecule has 1 aromatic heterocycles. The van der Waals surface area contributed by atoms with E-state index in [9.17, 15) is 20.2 Å². The fraction of sp³-hybridized carbons (Fsp3) is 0. The third-order valence-electron chi connectivity index (χ3n) is 3.52. The molecule has 120 valence electrons. The van der Waals surface area contributed by atoms with Crippen molar-refractivity contribution in [3.05, 3.63) is 79.3 Å². The molecule has 0 amide bonds. The fourth-order valence-electron chi connectivity index (χ4n) is 2.45. The topological polar surface area (TPSA) is 102 Å². The Morgan fingerprint density at radius 1 is 0.792 bits per heavy atom. The van der Waals surface area contributed by atoms with Crippen LogP contribution in [0.15, 0.2) is 59.1 Å². The summed E-state index contributed by atoms with van der Waals surface area (Å²) in [7, 11) is 0. The maximum absolute atomic E-state index is 11.2. The highest BCUT2D eigenvalue weighted by Gasteiger charge is 2.19. The number of hydrogen-bond acceptors (Lipinski definition) is 4. The number of nitrogens with zero attached hydrogens (tertiary/aromatic N) is 2. The van der Waals surface area contributed by atoms with E-state index in [2.05, 4.69) is 20.9 Å². The van der Waals surface area contributed by atoms with Crippen LogP contribution >= 0.6 is 15.9 Å². The quantitative estimate of drug-likeness (QED) is 0.506. The van der Waals surface area contributed by atoms with Gasteiger partial charge in [-0.3, -0.25) is 20.2 Å². The van der Waals surface area contributed by atoms with Gasteiger partial charge in [-0.15, -0.1) is 0 Å². The van der Waals surface area contributed by atoms with Gasteiger partial charge in [-0.1, -0.05) is 28.1 Å². The van der Waals surface area contributed by atoms with Gasteiger partial charge in [0.25, 0.3) is 11.4 Å². The first kappa shape index (κ1) is 15.9. The molecular formula is C16H10BrN3O4. The van der Waals surface area contributed by atoms with Gasteiger partial charge in [0.2, 0.25) is 0 Å². The normalized spacial score (nSPS) is 10.5. The molecule has 1 heterocycles. The highest BCUT2D eigenvalue weighted by Crippen LogP contribution is 2.35. The molecule has 0 aliphatic heterocycles. The molecule has 7 nitrogen and oxygen atoms in total. The average Bonchev–Trinajstić information content (AvgIpc) is 3.04. The highest BCUT2D eigenvalue weighted by molar-refractivity contribution is 9.10. The largest absolute Gasteiger partial charge is 0.354 e. The van der Waals surface area contributed by atoms with E-state index in [1.54, 1.807) is 42.5 Å². The number of nitrogens with one attached hydrogen (secondary N) is 1. The second-order valence-electron chi connectivity index (χ2n) is 4.98. The minimum atomic E-state index is -0.467. The van der Waals surface area contributed by atoms with Crippen molar-refractivity contribution < 1.29 is 9.85 Å². The molecule has 0 aliphatic carbocycles. The van der Waals surface area contributed by atoms with E-state index in [-0.39, 0.29) is 11.4 Å². The molecular weight excluding hydrogens is 378 g/mol. The van der Waals surface area contributed by atoms with Crippen molar-refractivity contribution in [3.63, 3.8) is 0 Å². The van der Waals surface area contributed by atoms with Crippen LogP contribution in [0.2, 0.25) is 0 Å². The van der Waals surface area contributed by atoms with Crippen molar-refractivity contribution in [1.82, 2.24) is 4.98 Å². The Balaban J connectivity index is 2.10. The van der Waals surface area contributed by atoms with Crippen LogP contribution in [0, 0.1) is 20.2 Å². The summed E-state index contributed by atoms with van der Waals surface area (Å²) in [6.45, 7) is 0. The van der Waals surface area contributed by atoms with Crippen LogP contribution < -0.4 is 0 Å². The predicted molar refractivity (Wildman–Crippen MR) is 92.7 cm³/mol. The zero-order chi connectivity index (χ0) is 17.3. The predicted octanol–water partition coefficient (Wildman–Crippen LogP) is 4.93. The van der Waals surface area contributed by atoms with Crippen molar-refractivity contribution in [1.29, 1.82) is 0 Å². The minimum Gasteiger partial charge on any atom is -0.354 e. The first-order valence-electron chi connectivity index (χ1n) is 6.84. The van der Waals surface area contributed by atoms with Gasteiger partial charge in [0.1, 0.15) is 0 Å². The SMILES string of the molecule is O=[N+]([O-])c1ccccc1-c1ccc(-c2ccc(Br)cc2[N+](=O)[O-])[nH]1. The van der Waals surface area contributed by atoms with Gasteiger partial charge in [-0.05, 0) is 30.3 Å². The Morgan fingerprint density at radius 2 is 1.38 bits per heavy atom. The molecule has 8 heteroatoms. The molecule has 0 fully saturated rings. The minimum absolute atomic E-state index is 0.0313. The van der Waals surface area contributed by atoms with Crippen LogP contribution in [0.4, 0.5) is 11.4 Å². The summed E-state index contributed by atoms with van der Waals surface area (Å²) in [5.41, 5.74) is 1.79. The lowest BCUT2D eigenvalue weighted by molar-refractivity contribution is -0.384. The van der Waals surface area contributed by atoms with Crippen molar-refractivity contribution >= 4 is 27.3 Å². The first-order valence-corrected chi connectivity index (χ1v) is 7.64. The van der Waals surface area contributed by atoms with E-state index < -0.39 is 9.85 Å². The van der Waals surface area contributed by atoms with E-state index in [1.165, 1.54) is 12.1 Å². The fourth-order valence-corrected chi connectivity index (χ4v) is 2.80. The van der Waals surface area contributed by atoms with Gasteiger partial charge in [0.15, 0.2) is 0 Å². The van der Waals surface area contributed by atoms with Gasteiger partial charge in [-0.25, -0.2) is 0 Å². The monoisotopic (exact) mass is 387 g/mol.